The van der Waals surface area contributed by atoms with E-state index >= 15 is 0 Å². The molecule has 0 saturated carbocycles. The van der Waals surface area contributed by atoms with Crippen LogP contribution in [0.5, 0.6) is 0 Å². The van der Waals surface area contributed by atoms with E-state index in [4.69, 9.17) is 4.74 Å². The molecule has 0 aliphatic heterocycles. The van der Waals surface area contributed by atoms with Crippen molar-refractivity contribution in [1.29, 1.82) is 0 Å². The number of fused-ring (bicyclic) bond motifs is 1. The highest BCUT2D eigenvalue weighted by Crippen LogP contribution is 2.22. The molecule has 78 valence electrons. The molecule has 0 aliphatic carbocycles. The number of pyridine rings is 1. The van der Waals surface area contributed by atoms with Gasteiger partial charge in [0.2, 0.25) is 0 Å². The van der Waals surface area contributed by atoms with E-state index in [1.165, 1.54) is 6.20 Å². The van der Waals surface area contributed by atoms with Gasteiger partial charge in [0, 0.05) is 6.07 Å². The van der Waals surface area contributed by atoms with Gasteiger partial charge in [0.25, 0.3) is 4.83 Å². The van der Waals surface area contributed by atoms with E-state index in [9.17, 15) is 10.0 Å². The maximum Gasteiger partial charge on any atom is 0.348 e. The second kappa shape index (κ2) is 3.86. The Morgan fingerprint density at radius 1 is 1.67 bits per heavy atom. The van der Waals surface area contributed by atoms with Crippen molar-refractivity contribution in [2.45, 2.75) is 6.92 Å². The van der Waals surface area contributed by atoms with Crippen molar-refractivity contribution in [1.82, 2.24) is 0 Å². The molecule has 2 aromatic heterocycles. The number of aromatic nitrogens is 1. The monoisotopic (exact) mass is 223 g/mol. The van der Waals surface area contributed by atoms with E-state index in [-0.39, 0.29) is 5.97 Å². The van der Waals surface area contributed by atoms with Crippen molar-refractivity contribution < 1.29 is 14.3 Å². The molecule has 2 heterocycles. The van der Waals surface area contributed by atoms with E-state index in [2.05, 4.69) is 0 Å². The van der Waals surface area contributed by atoms with Crippen LogP contribution in [0, 0.1) is 5.21 Å². The third kappa shape index (κ3) is 1.78. The third-order valence-corrected chi connectivity index (χ3v) is 3.03. The molecular weight excluding hydrogens is 214 g/mol. The highest BCUT2D eigenvalue weighted by atomic mass is 32.1. The lowest BCUT2D eigenvalue weighted by atomic mass is 10.3. The molecule has 0 saturated heterocycles. The van der Waals surface area contributed by atoms with Gasteiger partial charge in [0.15, 0.2) is 6.20 Å². The van der Waals surface area contributed by atoms with Crippen molar-refractivity contribution in [3.63, 3.8) is 0 Å². The molecule has 0 radical (unpaired) electrons. The van der Waals surface area contributed by atoms with E-state index in [1.807, 2.05) is 0 Å². The van der Waals surface area contributed by atoms with Gasteiger partial charge in [-0.05, 0) is 19.1 Å². The number of rotatable bonds is 2. The molecule has 4 nitrogen and oxygen atoms in total. The van der Waals surface area contributed by atoms with Crippen molar-refractivity contribution in [2.75, 3.05) is 6.61 Å². The lowest BCUT2D eigenvalue weighted by Crippen LogP contribution is -2.24. The standard InChI is InChI=1S/C10H9NO3S/c1-2-14-10(12)8-6-7-4-3-5-11(13)9(7)15-8/h3-6H,2H2,1H3. The topological polar surface area (TPSA) is 53.2 Å². The minimum absolute atomic E-state index is 0.338. The predicted molar refractivity (Wildman–Crippen MR) is 56.7 cm³/mol. The minimum atomic E-state index is -0.376. The molecule has 0 unspecified atom stereocenters. The van der Waals surface area contributed by atoms with Crippen molar-refractivity contribution in [3.8, 4) is 0 Å². The average Bonchev–Trinajstić information content (AvgIpc) is 2.63. The largest absolute Gasteiger partial charge is 0.618 e. The Balaban J connectivity index is 2.47. The van der Waals surface area contributed by atoms with Crippen LogP contribution < -0.4 is 4.73 Å². The van der Waals surface area contributed by atoms with Crippen molar-refractivity contribution in [3.05, 3.63) is 34.5 Å². The summed E-state index contributed by atoms with van der Waals surface area (Å²) in [5.41, 5.74) is 0. The number of ether oxygens (including phenoxy) is 1. The van der Waals surface area contributed by atoms with Gasteiger partial charge in [-0.1, -0.05) is 11.3 Å². The Labute approximate surface area is 90.3 Å². The summed E-state index contributed by atoms with van der Waals surface area (Å²) in [7, 11) is 0. The SMILES string of the molecule is CCOC(=O)c1cc2ccc[n+]([O-])c2s1. The molecular formula is C10H9NO3S. The molecule has 0 fully saturated rings. The summed E-state index contributed by atoms with van der Waals surface area (Å²) < 4.78 is 5.61. The highest BCUT2D eigenvalue weighted by Gasteiger charge is 2.15. The molecule has 0 atom stereocenters. The van der Waals surface area contributed by atoms with E-state index < -0.39 is 0 Å². The second-order valence-corrected chi connectivity index (χ2v) is 3.96. The maximum absolute atomic E-state index is 11.4. The number of carbonyl (C=O) groups excluding carboxylic acids is 1. The normalized spacial score (nSPS) is 10.5. The molecule has 2 aromatic rings. The lowest BCUT2D eigenvalue weighted by Gasteiger charge is -1.95. The van der Waals surface area contributed by atoms with Crippen LogP contribution in [-0.4, -0.2) is 12.6 Å². The van der Waals surface area contributed by atoms with Gasteiger partial charge in [-0.15, -0.1) is 0 Å². The van der Waals surface area contributed by atoms with Gasteiger partial charge < -0.3 is 9.94 Å². The third-order valence-electron chi connectivity index (χ3n) is 1.91. The summed E-state index contributed by atoms with van der Waals surface area (Å²) >= 11 is 1.15. The fourth-order valence-electron chi connectivity index (χ4n) is 1.28. The minimum Gasteiger partial charge on any atom is -0.618 e. The Bertz CT molecular complexity index is 506. The smallest absolute Gasteiger partial charge is 0.348 e. The number of hydrogen-bond acceptors (Lipinski definition) is 4. The molecule has 0 spiro atoms. The summed E-state index contributed by atoms with van der Waals surface area (Å²) in [5, 5.41) is 12.1. The van der Waals surface area contributed by atoms with Crippen molar-refractivity contribution >= 4 is 27.5 Å². The van der Waals surface area contributed by atoms with Crippen molar-refractivity contribution in [2.24, 2.45) is 0 Å². The average molecular weight is 223 g/mol. The number of esters is 1. The molecule has 0 N–H and O–H groups in total. The zero-order valence-electron chi connectivity index (χ0n) is 8.10. The number of nitrogens with zero attached hydrogens (tertiary/aromatic N) is 1. The summed E-state index contributed by atoms with van der Waals surface area (Å²) in [5.74, 6) is -0.376. The van der Waals surface area contributed by atoms with E-state index in [1.54, 1.807) is 25.1 Å². The van der Waals surface area contributed by atoms with Gasteiger partial charge in [0.1, 0.15) is 4.88 Å². The Kier molecular flexibility index (Phi) is 2.55. The van der Waals surface area contributed by atoms with E-state index in [0.717, 1.165) is 21.5 Å². The molecule has 0 amide bonds. The van der Waals surface area contributed by atoms with Crippen LogP contribution in [0.1, 0.15) is 16.6 Å². The fourth-order valence-corrected chi connectivity index (χ4v) is 2.21. The molecule has 0 aliphatic rings. The lowest BCUT2D eigenvalue weighted by molar-refractivity contribution is -0.574. The maximum atomic E-state index is 11.4. The summed E-state index contributed by atoms with van der Waals surface area (Å²) in [6, 6.07) is 5.12. The molecule has 0 bridgehead atoms. The van der Waals surface area contributed by atoms with Gasteiger partial charge in [-0.2, -0.15) is 4.73 Å². The highest BCUT2D eigenvalue weighted by molar-refractivity contribution is 7.19. The summed E-state index contributed by atoms with van der Waals surface area (Å²) in [6.45, 7) is 2.09. The number of thiophene rings is 1. The Morgan fingerprint density at radius 2 is 2.47 bits per heavy atom. The van der Waals surface area contributed by atoms with Crippen LogP contribution >= 0.6 is 11.3 Å². The van der Waals surface area contributed by atoms with Crippen LogP contribution in [0.3, 0.4) is 0 Å². The van der Waals surface area contributed by atoms with Crippen LogP contribution in [0.15, 0.2) is 24.4 Å². The first kappa shape index (κ1) is 9.92. The molecule has 5 heteroatoms. The van der Waals surface area contributed by atoms with Crippen LogP contribution in [0.4, 0.5) is 0 Å². The first-order valence-electron chi connectivity index (χ1n) is 4.51. The molecule has 2 rings (SSSR count). The second-order valence-electron chi connectivity index (χ2n) is 2.93. The summed E-state index contributed by atoms with van der Waals surface area (Å²) in [4.78, 5) is 12.4. The van der Waals surface area contributed by atoms with Crippen LogP contribution in [-0.2, 0) is 4.74 Å². The van der Waals surface area contributed by atoms with Gasteiger partial charge in [-0.3, -0.25) is 0 Å². The number of carbonyl (C=O) groups is 1. The van der Waals surface area contributed by atoms with Crippen LogP contribution in [0.25, 0.3) is 10.2 Å². The fraction of sp³-hybridized carbons (Fsp3) is 0.200. The Hall–Kier alpha value is -1.62. The van der Waals surface area contributed by atoms with Gasteiger partial charge >= 0.3 is 5.97 Å². The van der Waals surface area contributed by atoms with Gasteiger partial charge in [0.05, 0.1) is 12.0 Å². The Morgan fingerprint density at radius 3 is 3.13 bits per heavy atom. The van der Waals surface area contributed by atoms with Crippen LogP contribution in [0.2, 0.25) is 0 Å². The first-order valence-corrected chi connectivity index (χ1v) is 5.33. The summed E-state index contributed by atoms with van der Waals surface area (Å²) in [6.07, 6.45) is 1.41. The number of hydrogen-bond donors (Lipinski definition) is 0. The zero-order chi connectivity index (χ0) is 10.8. The van der Waals surface area contributed by atoms with E-state index in [0.29, 0.717) is 16.3 Å². The quantitative estimate of drug-likeness (QED) is 0.442. The zero-order valence-corrected chi connectivity index (χ0v) is 8.91. The molecule has 15 heavy (non-hydrogen) atoms. The predicted octanol–water partition coefficient (Wildman–Crippen LogP) is 1.71. The van der Waals surface area contributed by atoms with Gasteiger partial charge in [-0.25, -0.2) is 4.79 Å². The molecule has 0 aromatic carbocycles. The first-order chi connectivity index (χ1) is 7.22.